The maximum absolute atomic E-state index is 13.0. The Morgan fingerprint density at radius 3 is 2.53 bits per heavy atom. The Labute approximate surface area is 176 Å². The lowest BCUT2D eigenvalue weighted by molar-refractivity contribution is -0.122. The number of aryl methyl sites for hydroxylation is 1. The zero-order valence-electron chi connectivity index (χ0n) is 17.4. The van der Waals surface area contributed by atoms with Gasteiger partial charge in [0.05, 0.1) is 17.5 Å². The van der Waals surface area contributed by atoms with E-state index in [-0.39, 0.29) is 35.4 Å². The third kappa shape index (κ3) is 3.56. The van der Waals surface area contributed by atoms with Crippen LogP contribution in [0.5, 0.6) is 5.75 Å². The standard InChI is InChI=1S/C25H25NO4/c1-15-10-12-18(13-11-15)23(27)17(3)30-20-8-5-7-19(14-20)26-24(28)21-9-4-6-16(2)22(21)25(26)29/h4-8,10-14,16-17,21-22H,9H2,1-3H3/t16-,17+,21+,22-/m0/s1. The Hall–Kier alpha value is -3.21. The molecule has 0 N–H and O–H groups in total. The normalized spacial score (nSPS) is 24.0. The number of benzene rings is 2. The molecule has 1 fully saturated rings. The smallest absolute Gasteiger partial charge is 0.238 e. The van der Waals surface area contributed by atoms with E-state index in [1.54, 1.807) is 43.3 Å². The number of amides is 2. The fraction of sp³-hybridized carbons (Fsp3) is 0.320. The molecule has 1 aliphatic carbocycles. The van der Waals surface area contributed by atoms with Crippen molar-refractivity contribution in [3.63, 3.8) is 0 Å². The molecule has 0 bridgehead atoms. The van der Waals surface area contributed by atoms with Crippen molar-refractivity contribution in [1.82, 2.24) is 0 Å². The Bertz CT molecular complexity index is 1020. The molecule has 2 aliphatic rings. The Morgan fingerprint density at radius 2 is 1.83 bits per heavy atom. The van der Waals surface area contributed by atoms with Crippen LogP contribution in [0.2, 0.25) is 0 Å². The van der Waals surface area contributed by atoms with Crippen molar-refractivity contribution in [2.75, 3.05) is 4.90 Å². The molecule has 0 spiro atoms. The molecular weight excluding hydrogens is 378 g/mol. The van der Waals surface area contributed by atoms with Crippen LogP contribution in [0.1, 0.15) is 36.2 Å². The summed E-state index contributed by atoms with van der Waals surface area (Å²) in [7, 11) is 0. The van der Waals surface area contributed by atoms with Gasteiger partial charge in [0.1, 0.15) is 5.75 Å². The molecule has 5 nitrogen and oxygen atoms in total. The molecule has 0 radical (unpaired) electrons. The molecular formula is C25H25NO4. The minimum atomic E-state index is -0.695. The molecule has 0 aromatic heterocycles. The summed E-state index contributed by atoms with van der Waals surface area (Å²) in [5.74, 6) is -0.582. The van der Waals surface area contributed by atoms with Gasteiger partial charge in [0.2, 0.25) is 17.6 Å². The highest BCUT2D eigenvalue weighted by atomic mass is 16.5. The van der Waals surface area contributed by atoms with Gasteiger partial charge >= 0.3 is 0 Å². The largest absolute Gasteiger partial charge is 0.482 e. The van der Waals surface area contributed by atoms with Gasteiger partial charge in [-0.1, -0.05) is 55.0 Å². The molecule has 4 rings (SSSR count). The second kappa shape index (κ2) is 7.90. The van der Waals surface area contributed by atoms with Gasteiger partial charge in [-0.25, -0.2) is 4.90 Å². The van der Waals surface area contributed by atoms with E-state index in [2.05, 4.69) is 0 Å². The molecule has 5 heteroatoms. The number of anilines is 1. The highest BCUT2D eigenvalue weighted by Gasteiger charge is 2.50. The van der Waals surface area contributed by atoms with E-state index in [1.807, 2.05) is 38.1 Å². The number of carbonyl (C=O) groups is 3. The summed E-state index contributed by atoms with van der Waals surface area (Å²) in [5.41, 5.74) is 2.15. The Balaban J connectivity index is 1.53. The first-order valence-corrected chi connectivity index (χ1v) is 10.3. The van der Waals surface area contributed by atoms with E-state index < -0.39 is 6.10 Å². The van der Waals surface area contributed by atoms with Crippen molar-refractivity contribution < 1.29 is 19.1 Å². The number of nitrogens with zero attached hydrogens (tertiary/aromatic N) is 1. The van der Waals surface area contributed by atoms with Crippen LogP contribution < -0.4 is 9.64 Å². The number of hydrogen-bond acceptors (Lipinski definition) is 4. The predicted molar refractivity (Wildman–Crippen MR) is 114 cm³/mol. The quantitative estimate of drug-likeness (QED) is 0.423. The molecule has 2 aromatic rings. The number of ether oxygens (including phenoxy) is 1. The van der Waals surface area contributed by atoms with Crippen LogP contribution in [-0.2, 0) is 9.59 Å². The number of fused-ring (bicyclic) bond motifs is 1. The number of Topliss-reactive ketones (excluding diaryl/α,β-unsaturated/α-hetero) is 1. The van der Waals surface area contributed by atoms with Crippen molar-refractivity contribution in [3.05, 3.63) is 71.8 Å². The molecule has 1 saturated heterocycles. The van der Waals surface area contributed by atoms with Gasteiger partial charge in [-0.2, -0.15) is 0 Å². The van der Waals surface area contributed by atoms with Crippen LogP contribution in [0.3, 0.4) is 0 Å². The maximum Gasteiger partial charge on any atom is 0.238 e. The summed E-state index contributed by atoms with van der Waals surface area (Å²) in [6.07, 6.45) is 3.89. The molecule has 1 heterocycles. The first-order valence-electron chi connectivity index (χ1n) is 10.3. The zero-order valence-corrected chi connectivity index (χ0v) is 17.4. The molecule has 2 amide bonds. The van der Waals surface area contributed by atoms with Crippen molar-refractivity contribution in [2.45, 2.75) is 33.3 Å². The maximum atomic E-state index is 13.0. The average molecular weight is 403 g/mol. The van der Waals surface area contributed by atoms with Crippen LogP contribution in [0.15, 0.2) is 60.7 Å². The summed E-state index contributed by atoms with van der Waals surface area (Å²) in [6.45, 7) is 5.64. The second-order valence-corrected chi connectivity index (χ2v) is 8.15. The molecule has 154 valence electrons. The van der Waals surface area contributed by atoms with Crippen molar-refractivity contribution in [2.24, 2.45) is 17.8 Å². The fourth-order valence-corrected chi connectivity index (χ4v) is 4.31. The molecule has 4 atom stereocenters. The first-order chi connectivity index (χ1) is 14.4. The molecule has 2 aromatic carbocycles. The van der Waals surface area contributed by atoms with Crippen LogP contribution in [0.4, 0.5) is 5.69 Å². The summed E-state index contributed by atoms with van der Waals surface area (Å²) < 4.78 is 5.86. The van der Waals surface area contributed by atoms with Gasteiger partial charge in [0.15, 0.2) is 6.10 Å². The van der Waals surface area contributed by atoms with Gasteiger partial charge in [-0.3, -0.25) is 14.4 Å². The number of rotatable bonds is 5. The third-order valence-electron chi connectivity index (χ3n) is 5.97. The number of allylic oxidation sites excluding steroid dienone is 2. The van der Waals surface area contributed by atoms with Crippen molar-refractivity contribution >= 4 is 23.3 Å². The topological polar surface area (TPSA) is 63.7 Å². The van der Waals surface area contributed by atoms with E-state index in [9.17, 15) is 14.4 Å². The van der Waals surface area contributed by atoms with Crippen molar-refractivity contribution in [1.29, 1.82) is 0 Å². The summed E-state index contributed by atoms with van der Waals surface area (Å²) in [5, 5.41) is 0. The Kier molecular flexibility index (Phi) is 5.29. The van der Waals surface area contributed by atoms with Crippen molar-refractivity contribution in [3.8, 4) is 5.75 Å². The minimum Gasteiger partial charge on any atom is -0.482 e. The summed E-state index contributed by atoms with van der Waals surface area (Å²) in [6, 6.07) is 14.2. The lowest BCUT2D eigenvalue weighted by Crippen LogP contribution is -2.31. The Morgan fingerprint density at radius 1 is 1.10 bits per heavy atom. The van der Waals surface area contributed by atoms with Gasteiger partial charge in [0, 0.05) is 11.6 Å². The highest BCUT2D eigenvalue weighted by Crippen LogP contribution is 2.41. The van der Waals surface area contributed by atoms with E-state index >= 15 is 0 Å². The predicted octanol–water partition coefficient (Wildman–Crippen LogP) is 4.35. The summed E-state index contributed by atoms with van der Waals surface area (Å²) in [4.78, 5) is 39.9. The van der Waals surface area contributed by atoms with Gasteiger partial charge in [-0.05, 0) is 38.3 Å². The van der Waals surface area contributed by atoms with Crippen LogP contribution >= 0.6 is 0 Å². The van der Waals surface area contributed by atoms with E-state index in [0.717, 1.165) is 5.56 Å². The first kappa shape index (κ1) is 20.1. The van der Waals surface area contributed by atoms with Crippen LogP contribution in [0, 0.1) is 24.7 Å². The molecule has 30 heavy (non-hydrogen) atoms. The highest BCUT2D eigenvalue weighted by molar-refractivity contribution is 6.22. The SMILES string of the molecule is Cc1ccc(C(=O)[C@@H](C)Oc2cccc(N3C(=O)[C@H]4[C@@H](C)C=CC[C@H]4C3=O)c2)cc1. The lowest BCUT2D eigenvalue weighted by Gasteiger charge is -2.22. The van der Waals surface area contributed by atoms with E-state index in [4.69, 9.17) is 4.74 Å². The molecule has 0 saturated carbocycles. The average Bonchev–Trinajstić information content (AvgIpc) is 2.99. The minimum absolute atomic E-state index is 0.0387. The number of carbonyl (C=O) groups excluding carboxylic acids is 3. The van der Waals surface area contributed by atoms with Crippen LogP contribution in [-0.4, -0.2) is 23.7 Å². The van der Waals surface area contributed by atoms with Crippen LogP contribution in [0.25, 0.3) is 0 Å². The van der Waals surface area contributed by atoms with Gasteiger partial charge < -0.3 is 4.74 Å². The number of ketones is 1. The van der Waals surface area contributed by atoms with Gasteiger partial charge in [0.25, 0.3) is 0 Å². The fourth-order valence-electron chi connectivity index (χ4n) is 4.31. The van der Waals surface area contributed by atoms with E-state index in [1.165, 1.54) is 4.90 Å². The lowest BCUT2D eigenvalue weighted by atomic mass is 9.78. The summed E-state index contributed by atoms with van der Waals surface area (Å²) >= 11 is 0. The zero-order chi connectivity index (χ0) is 21.4. The molecule has 1 aliphatic heterocycles. The molecule has 0 unspecified atom stereocenters. The van der Waals surface area contributed by atoms with Gasteiger partial charge in [-0.15, -0.1) is 0 Å². The monoisotopic (exact) mass is 403 g/mol. The second-order valence-electron chi connectivity index (χ2n) is 8.15. The number of imide groups is 1. The number of hydrogen-bond donors (Lipinski definition) is 0. The third-order valence-corrected chi connectivity index (χ3v) is 5.97. The van der Waals surface area contributed by atoms with E-state index in [0.29, 0.717) is 23.4 Å².